The van der Waals surface area contributed by atoms with Crippen molar-refractivity contribution in [3.05, 3.63) is 29.6 Å². The molecule has 1 aromatic carbocycles. The quantitative estimate of drug-likeness (QED) is 0.798. The first-order valence-electron chi connectivity index (χ1n) is 6.40. The Morgan fingerprint density at radius 3 is 2.63 bits per heavy atom. The van der Waals surface area contributed by atoms with E-state index in [9.17, 15) is 9.18 Å². The van der Waals surface area contributed by atoms with Crippen LogP contribution in [0.1, 0.15) is 18.9 Å². The van der Waals surface area contributed by atoms with E-state index in [2.05, 4.69) is 0 Å². The highest BCUT2D eigenvalue weighted by atomic mass is 19.1. The van der Waals surface area contributed by atoms with Gasteiger partial charge in [0.15, 0.2) is 0 Å². The zero-order chi connectivity index (χ0) is 14.4. The van der Waals surface area contributed by atoms with Crippen molar-refractivity contribution in [2.75, 3.05) is 32.9 Å². The van der Waals surface area contributed by atoms with Gasteiger partial charge in [-0.05, 0) is 36.7 Å². The zero-order valence-electron chi connectivity index (χ0n) is 11.8. The lowest BCUT2D eigenvalue weighted by molar-refractivity contribution is -0.130. The largest absolute Gasteiger partial charge is 0.398 e. The Morgan fingerprint density at radius 2 is 2.05 bits per heavy atom. The van der Waals surface area contributed by atoms with Crippen molar-refractivity contribution >= 4 is 11.6 Å². The van der Waals surface area contributed by atoms with Gasteiger partial charge in [-0.3, -0.25) is 9.69 Å². The molecular weight excluding hydrogens is 245 g/mol. The number of carbonyl (C=O) groups excluding carboxylic acids is 1. The van der Waals surface area contributed by atoms with Gasteiger partial charge in [-0.1, -0.05) is 6.92 Å². The first-order chi connectivity index (χ1) is 8.93. The van der Waals surface area contributed by atoms with Gasteiger partial charge in [0.25, 0.3) is 0 Å². The summed E-state index contributed by atoms with van der Waals surface area (Å²) in [7, 11) is 3.45. The van der Waals surface area contributed by atoms with Gasteiger partial charge in [-0.15, -0.1) is 0 Å². The molecule has 1 aromatic rings. The molecule has 0 radical (unpaired) electrons. The summed E-state index contributed by atoms with van der Waals surface area (Å²) in [5.74, 6) is -0.275. The fourth-order valence-electron chi connectivity index (χ4n) is 1.82. The van der Waals surface area contributed by atoms with E-state index in [0.29, 0.717) is 18.8 Å². The van der Waals surface area contributed by atoms with Crippen molar-refractivity contribution < 1.29 is 9.18 Å². The van der Waals surface area contributed by atoms with Gasteiger partial charge in [0.2, 0.25) is 5.91 Å². The van der Waals surface area contributed by atoms with Crippen LogP contribution >= 0.6 is 0 Å². The van der Waals surface area contributed by atoms with Gasteiger partial charge in [-0.2, -0.15) is 0 Å². The van der Waals surface area contributed by atoms with Gasteiger partial charge in [0.05, 0.1) is 6.54 Å². The van der Waals surface area contributed by atoms with Gasteiger partial charge in [-0.25, -0.2) is 4.39 Å². The summed E-state index contributed by atoms with van der Waals surface area (Å²) < 4.78 is 13.2. The van der Waals surface area contributed by atoms with E-state index >= 15 is 0 Å². The predicted molar refractivity (Wildman–Crippen MR) is 75.1 cm³/mol. The molecule has 0 unspecified atom stereocenters. The summed E-state index contributed by atoms with van der Waals surface area (Å²) in [5.41, 5.74) is 7.11. The van der Waals surface area contributed by atoms with Gasteiger partial charge < -0.3 is 10.6 Å². The highest BCUT2D eigenvalue weighted by molar-refractivity contribution is 5.77. The average Bonchev–Trinajstić information content (AvgIpc) is 2.34. The summed E-state index contributed by atoms with van der Waals surface area (Å²) in [6.45, 7) is 3.62. The van der Waals surface area contributed by atoms with Gasteiger partial charge in [0.1, 0.15) is 5.82 Å². The molecule has 0 aliphatic heterocycles. The molecule has 5 heteroatoms. The number of hydrogen-bond donors (Lipinski definition) is 1. The van der Waals surface area contributed by atoms with Crippen LogP contribution in [0.4, 0.5) is 10.1 Å². The van der Waals surface area contributed by atoms with Crippen LogP contribution in [-0.4, -0.2) is 42.9 Å². The van der Waals surface area contributed by atoms with Crippen molar-refractivity contribution in [3.8, 4) is 0 Å². The summed E-state index contributed by atoms with van der Waals surface area (Å²) in [4.78, 5) is 15.3. The van der Waals surface area contributed by atoms with Crippen LogP contribution in [0.15, 0.2) is 18.2 Å². The molecule has 106 valence electrons. The summed E-state index contributed by atoms with van der Waals surface area (Å²) >= 11 is 0. The molecule has 0 aliphatic rings. The lowest BCUT2D eigenvalue weighted by Gasteiger charge is -2.23. The van der Waals surface area contributed by atoms with Crippen molar-refractivity contribution in [1.82, 2.24) is 9.80 Å². The lowest BCUT2D eigenvalue weighted by atomic mass is 10.1. The number of hydrogen-bond acceptors (Lipinski definition) is 3. The second-order valence-corrected chi connectivity index (χ2v) is 4.84. The molecule has 0 aliphatic carbocycles. The minimum atomic E-state index is -0.306. The van der Waals surface area contributed by atoms with Crippen LogP contribution in [0.2, 0.25) is 0 Å². The first-order valence-corrected chi connectivity index (χ1v) is 6.40. The molecular formula is C14H22FN3O. The normalized spacial score (nSPS) is 10.8. The Hall–Kier alpha value is -1.62. The Kier molecular flexibility index (Phi) is 5.76. The highest BCUT2D eigenvalue weighted by Crippen LogP contribution is 2.16. The Morgan fingerprint density at radius 1 is 1.37 bits per heavy atom. The molecule has 0 saturated carbocycles. The molecule has 0 fully saturated rings. The number of amides is 1. The number of benzene rings is 1. The molecule has 1 rings (SSSR count). The third-order valence-electron chi connectivity index (χ3n) is 2.90. The lowest BCUT2D eigenvalue weighted by Crippen LogP contribution is -2.36. The number of nitrogens with two attached hydrogens (primary N) is 1. The maximum Gasteiger partial charge on any atom is 0.236 e. The highest BCUT2D eigenvalue weighted by Gasteiger charge is 2.13. The van der Waals surface area contributed by atoms with E-state index in [1.54, 1.807) is 25.1 Å². The molecule has 0 saturated heterocycles. The van der Waals surface area contributed by atoms with Crippen molar-refractivity contribution in [2.24, 2.45) is 0 Å². The molecule has 0 bridgehead atoms. The fraction of sp³-hybridized carbons (Fsp3) is 0.500. The Bertz CT molecular complexity index is 435. The van der Waals surface area contributed by atoms with Crippen LogP contribution in [0.3, 0.4) is 0 Å². The van der Waals surface area contributed by atoms with Gasteiger partial charge >= 0.3 is 0 Å². The monoisotopic (exact) mass is 267 g/mol. The number of rotatable bonds is 6. The second kappa shape index (κ2) is 7.09. The molecule has 2 N–H and O–H groups in total. The molecule has 0 heterocycles. The van der Waals surface area contributed by atoms with Crippen LogP contribution in [0.5, 0.6) is 0 Å². The SMILES string of the molecule is CCCN(CC(=O)N(C)C)Cc1cc(F)ccc1N. The van der Waals surface area contributed by atoms with Crippen LogP contribution in [-0.2, 0) is 11.3 Å². The maximum atomic E-state index is 13.2. The fourth-order valence-corrected chi connectivity index (χ4v) is 1.82. The van der Waals surface area contributed by atoms with E-state index in [-0.39, 0.29) is 11.7 Å². The number of likely N-dealkylation sites (N-methyl/N-ethyl adjacent to an activating group) is 1. The number of halogens is 1. The van der Waals surface area contributed by atoms with E-state index in [1.165, 1.54) is 12.1 Å². The average molecular weight is 267 g/mol. The second-order valence-electron chi connectivity index (χ2n) is 4.84. The molecule has 4 nitrogen and oxygen atoms in total. The topological polar surface area (TPSA) is 49.6 Å². The maximum absolute atomic E-state index is 13.2. The number of carbonyl (C=O) groups is 1. The molecule has 0 aromatic heterocycles. The molecule has 0 spiro atoms. The number of anilines is 1. The smallest absolute Gasteiger partial charge is 0.236 e. The van der Waals surface area contributed by atoms with Crippen molar-refractivity contribution in [3.63, 3.8) is 0 Å². The Labute approximate surface area is 114 Å². The minimum Gasteiger partial charge on any atom is -0.398 e. The van der Waals surface area contributed by atoms with Crippen molar-refractivity contribution in [1.29, 1.82) is 0 Å². The molecule has 1 amide bonds. The molecule has 0 atom stereocenters. The third kappa shape index (κ3) is 4.87. The summed E-state index contributed by atoms with van der Waals surface area (Å²) in [6, 6.07) is 4.33. The minimum absolute atomic E-state index is 0.0309. The van der Waals surface area contributed by atoms with E-state index in [1.807, 2.05) is 11.8 Å². The van der Waals surface area contributed by atoms with E-state index < -0.39 is 0 Å². The van der Waals surface area contributed by atoms with Crippen LogP contribution in [0.25, 0.3) is 0 Å². The first kappa shape index (κ1) is 15.4. The van der Waals surface area contributed by atoms with Crippen LogP contribution in [0, 0.1) is 5.82 Å². The summed E-state index contributed by atoms with van der Waals surface area (Å²) in [6.07, 6.45) is 0.927. The number of nitrogens with zero attached hydrogens (tertiary/aromatic N) is 2. The van der Waals surface area contributed by atoms with Crippen LogP contribution < -0.4 is 5.73 Å². The molecule has 19 heavy (non-hydrogen) atoms. The number of nitrogen functional groups attached to an aromatic ring is 1. The Balaban J connectivity index is 2.77. The van der Waals surface area contributed by atoms with E-state index in [0.717, 1.165) is 18.5 Å². The van der Waals surface area contributed by atoms with Crippen molar-refractivity contribution in [2.45, 2.75) is 19.9 Å². The summed E-state index contributed by atoms with van der Waals surface area (Å²) in [5, 5.41) is 0. The van der Waals surface area contributed by atoms with E-state index in [4.69, 9.17) is 5.73 Å². The third-order valence-corrected chi connectivity index (χ3v) is 2.90. The predicted octanol–water partition coefficient (Wildman–Crippen LogP) is 1.71. The van der Waals surface area contributed by atoms with Gasteiger partial charge in [0, 0.05) is 26.3 Å². The standard InChI is InChI=1S/C14H22FN3O/c1-4-7-18(10-14(19)17(2)3)9-11-8-12(15)5-6-13(11)16/h5-6,8H,4,7,9-10,16H2,1-3H3. The zero-order valence-corrected chi connectivity index (χ0v) is 11.8.